The van der Waals surface area contributed by atoms with E-state index >= 15 is 0 Å². The van der Waals surface area contributed by atoms with Gasteiger partial charge >= 0.3 is 53.8 Å². The Morgan fingerprint density at radius 1 is 1.20 bits per heavy atom. The van der Waals surface area contributed by atoms with E-state index in [1.165, 1.54) is 0 Å². The molecule has 0 aromatic rings. The summed E-state index contributed by atoms with van der Waals surface area (Å²) in [5.41, 5.74) is 0. The third-order valence-electron chi connectivity index (χ3n) is 0. The van der Waals surface area contributed by atoms with E-state index in [2.05, 4.69) is 0 Å². The van der Waals surface area contributed by atoms with Crippen LogP contribution < -0.4 is 0 Å². The molecule has 0 aromatic carbocycles. The van der Waals surface area contributed by atoms with Crippen LogP contribution in [-0.2, 0) is 50.5 Å². The molecule has 0 aliphatic rings. The third-order valence-corrected chi connectivity index (χ3v) is 0. The van der Waals surface area contributed by atoms with Crippen molar-refractivity contribution < 1.29 is 86.1 Å². The van der Waals surface area contributed by atoms with Crippen LogP contribution >= 0.6 is 0 Å². The van der Waals surface area contributed by atoms with Gasteiger partial charge in [-0.05, 0) is 0 Å². The number of rotatable bonds is 0. The van der Waals surface area contributed by atoms with Crippen LogP contribution in [0.3, 0.4) is 0 Å². The predicted octanol–water partition coefficient (Wildman–Crippen LogP) is -0.772. The molecule has 0 unspecified atom stereocenters. The second kappa shape index (κ2) is 25.5. The molecule has 1 nitrogen and oxygen atoms in total. The molecule has 0 bridgehead atoms. The second-order valence-electron chi connectivity index (χ2n) is 0. The van der Waals surface area contributed by atoms with Crippen LogP contribution in [0.15, 0.2) is 0 Å². The zero-order chi connectivity index (χ0) is 2.00. The van der Waals surface area contributed by atoms with Crippen LogP contribution in [0.4, 0.5) is 0 Å². The fourth-order valence-electron chi connectivity index (χ4n) is 0. The van der Waals surface area contributed by atoms with Crippen LogP contribution in [0, 0.1) is 35.6 Å². The molecule has 20 valence electrons. The second-order valence-corrected chi connectivity index (χ2v) is 0. The van der Waals surface area contributed by atoms with Crippen molar-refractivity contribution in [3.05, 3.63) is 0 Å². The van der Waals surface area contributed by atoms with E-state index in [1.54, 1.807) is 0 Å². The van der Waals surface area contributed by atoms with Crippen molar-refractivity contribution in [2.75, 3.05) is 0 Å². The molecule has 0 amide bonds. The smallest absolute Gasteiger partial charge is 0 e. The Morgan fingerprint density at radius 3 is 1.20 bits per heavy atom. The summed E-state index contributed by atoms with van der Waals surface area (Å²) in [7, 11) is 0. The molecule has 5 heteroatoms. The van der Waals surface area contributed by atoms with Gasteiger partial charge in [0.1, 0.15) is 0 Å². The van der Waals surface area contributed by atoms with Gasteiger partial charge in [0.2, 0.25) is 0 Å². The molecule has 0 aliphatic heterocycles. The Labute approximate surface area is 113 Å². The van der Waals surface area contributed by atoms with Gasteiger partial charge in [0, 0.05) is 61.8 Å². The van der Waals surface area contributed by atoms with Crippen LogP contribution in [-0.4, -0.2) is 29.6 Å². The van der Waals surface area contributed by atoms with Gasteiger partial charge in [-0.2, -0.15) is 0 Å². The van der Waals surface area contributed by atoms with Gasteiger partial charge in [0.15, 0.2) is 0 Å². The van der Waals surface area contributed by atoms with Gasteiger partial charge in [0.25, 0.3) is 0 Å². The molecule has 0 saturated heterocycles. The molecule has 0 N–H and O–H groups in total. The van der Waals surface area contributed by atoms with Gasteiger partial charge in [-0.25, -0.2) is 0 Å². The van der Waals surface area contributed by atoms with E-state index in [0.29, 0.717) is 0 Å². The van der Waals surface area contributed by atoms with E-state index < -0.39 is 0 Å². The fourth-order valence-corrected chi connectivity index (χ4v) is 0. The molecule has 0 aromatic heterocycles. The summed E-state index contributed by atoms with van der Waals surface area (Å²) in [5.74, 6) is 0. The summed E-state index contributed by atoms with van der Waals surface area (Å²) in [6.07, 6.45) is 0. The Balaban J connectivity index is -0.00000000167. The van der Waals surface area contributed by atoms with E-state index in [-0.39, 0.29) is 112 Å². The molecule has 0 rings (SSSR count). The first-order chi connectivity index (χ1) is 1.00. The minimum absolute atomic E-state index is 0. The predicted molar refractivity (Wildman–Crippen MR) is 7.84 cm³/mol. The molecule has 0 heterocycles. The molecule has 5 heavy (non-hydrogen) atoms. The Morgan fingerprint density at radius 2 is 1.20 bits per heavy atom. The third kappa shape index (κ3) is 18.4. The minimum Gasteiger partial charge on any atom is 0 e. The maximum absolute atomic E-state index is 8.36. The van der Waals surface area contributed by atoms with Crippen LogP contribution in [0.5, 0.6) is 0 Å². The quantitative estimate of drug-likeness (QED) is 0.443. The summed E-state index contributed by atoms with van der Waals surface area (Å²) in [4.78, 5) is 0. The van der Waals surface area contributed by atoms with E-state index in [1.807, 2.05) is 0 Å². The van der Waals surface area contributed by atoms with Crippen LogP contribution in [0.1, 0.15) is 0 Å². The largest absolute Gasteiger partial charge is 0 e. The molecule has 0 aliphatic carbocycles. The van der Waals surface area contributed by atoms with Gasteiger partial charge in [0.05, 0.1) is 0 Å². The van der Waals surface area contributed by atoms with Crippen molar-refractivity contribution in [3.8, 4) is 0 Å². The van der Waals surface area contributed by atoms with Gasteiger partial charge in [-0.15, -0.1) is 0 Å². The molecule has 1 radical (unpaired) electrons. The Kier molecular flexibility index (Phi) is 120. The minimum atomic E-state index is 0. The zero-order valence-corrected chi connectivity index (χ0v) is 11.2. The topological polar surface area (TPSA) is 17.1 Å². The van der Waals surface area contributed by atoms with Crippen molar-refractivity contribution >= 4 is 29.6 Å². The summed E-state index contributed by atoms with van der Waals surface area (Å²) >= 11 is 0.194. The first-order valence-corrected chi connectivity index (χ1v) is 1.49. The maximum Gasteiger partial charge on any atom is 0 e. The van der Waals surface area contributed by atoms with E-state index in [4.69, 9.17) is 3.25 Å². The fraction of sp³-hybridized carbons (Fsp3) is 0. The van der Waals surface area contributed by atoms with Gasteiger partial charge in [-0.3, -0.25) is 0 Å². The van der Waals surface area contributed by atoms with Crippen molar-refractivity contribution in [1.82, 2.24) is 0 Å². The van der Waals surface area contributed by atoms with Gasteiger partial charge in [-0.1, -0.05) is 0 Å². The molecule has 0 fully saturated rings. The standard InChI is InChI=1S/La.Na.O.Ta.Zr.H. The van der Waals surface area contributed by atoms with Crippen LogP contribution in [0.25, 0.3) is 0 Å². The van der Waals surface area contributed by atoms with Crippen molar-refractivity contribution in [2.24, 2.45) is 0 Å². The number of hydrogen-bond acceptors (Lipinski definition) is 1. The molecule has 0 atom stereocenters. The monoisotopic (exact) mass is 450 g/mol. The first-order valence-electron chi connectivity index (χ1n) is 0.183. The normalized spacial score (nSPS) is 0.600. The van der Waals surface area contributed by atoms with E-state index in [9.17, 15) is 0 Å². The average molecular weight is 451 g/mol. The molecular weight excluding hydrogens is 450 g/mol. The Bertz CT molecular complexity index is 11.6. The molecule has 0 saturated carbocycles. The summed E-state index contributed by atoms with van der Waals surface area (Å²) in [6.45, 7) is 0. The zero-order valence-electron chi connectivity index (χ0n) is 1.93. The Hall–Kier alpha value is 3.62. The number of hydrogen-bond donors (Lipinski definition) is 0. The van der Waals surface area contributed by atoms with Crippen molar-refractivity contribution in [2.45, 2.75) is 0 Å². The summed E-state index contributed by atoms with van der Waals surface area (Å²) < 4.78 is 8.36. The summed E-state index contributed by atoms with van der Waals surface area (Å²) in [5, 5.41) is 0. The SMILES string of the molecule is [La].[NaH].[O]=[Ta].[Zr]. The summed E-state index contributed by atoms with van der Waals surface area (Å²) in [6, 6.07) is 0. The molecular formula is HLaNaOTaZr. The average Bonchev–Trinajstić information content (AvgIpc) is 1.00. The first kappa shape index (κ1) is 23.5. The maximum atomic E-state index is 8.36. The van der Waals surface area contributed by atoms with Crippen molar-refractivity contribution in [1.29, 1.82) is 0 Å². The van der Waals surface area contributed by atoms with Crippen LogP contribution in [0.2, 0.25) is 0 Å². The van der Waals surface area contributed by atoms with Crippen molar-refractivity contribution in [3.63, 3.8) is 0 Å². The van der Waals surface area contributed by atoms with E-state index in [0.717, 1.165) is 0 Å². The molecule has 0 spiro atoms. The van der Waals surface area contributed by atoms with Gasteiger partial charge < -0.3 is 0 Å².